The summed E-state index contributed by atoms with van der Waals surface area (Å²) in [5, 5.41) is 33.5. The van der Waals surface area contributed by atoms with E-state index in [0.29, 0.717) is 30.6 Å². The smallest absolute Gasteiger partial charge is 0.309 e. The number of aliphatic hydroxyl groups excluding tert-OH is 1. The molecule has 1 saturated heterocycles. The van der Waals surface area contributed by atoms with Crippen molar-refractivity contribution < 1.29 is 24.9 Å². The Hall–Kier alpha value is -0.650. The summed E-state index contributed by atoms with van der Waals surface area (Å²) < 4.78 is 5.52. The van der Waals surface area contributed by atoms with Gasteiger partial charge >= 0.3 is 5.97 Å². The molecule has 12 atom stereocenters. The molecule has 0 radical (unpaired) electrons. The minimum Gasteiger partial charge on any atom is -0.481 e. The van der Waals surface area contributed by atoms with Gasteiger partial charge < -0.3 is 20.1 Å². The van der Waals surface area contributed by atoms with E-state index in [4.69, 9.17) is 4.74 Å². The van der Waals surface area contributed by atoms with E-state index < -0.39 is 17.0 Å². The molecule has 0 aromatic heterocycles. The highest BCUT2D eigenvalue weighted by molar-refractivity contribution is 5.76. The first kappa shape index (κ1) is 26.6. The van der Waals surface area contributed by atoms with Gasteiger partial charge in [0.1, 0.15) is 0 Å². The average Bonchev–Trinajstić information content (AvgIpc) is 3.51. The van der Waals surface area contributed by atoms with Crippen molar-refractivity contribution in [2.24, 2.45) is 56.7 Å². The zero-order valence-corrected chi connectivity index (χ0v) is 24.2. The van der Waals surface area contributed by atoms with E-state index in [2.05, 4.69) is 34.6 Å². The molecular weight excluding hydrogens is 464 g/mol. The zero-order valence-electron chi connectivity index (χ0n) is 24.2. The number of ether oxygens (including phenoxy) is 1. The summed E-state index contributed by atoms with van der Waals surface area (Å²) in [7, 11) is 0. The molecule has 5 aliphatic carbocycles. The lowest BCUT2D eigenvalue weighted by Crippen LogP contribution is -2.67. The van der Waals surface area contributed by atoms with Crippen LogP contribution in [0.15, 0.2) is 0 Å². The van der Waals surface area contributed by atoms with Crippen LogP contribution in [0.2, 0.25) is 0 Å². The molecule has 1 heterocycles. The maximum Gasteiger partial charge on any atom is 0.309 e. The van der Waals surface area contributed by atoms with Gasteiger partial charge in [0.05, 0.1) is 29.8 Å². The number of carbonyl (C=O) groups is 1. The molecule has 5 heteroatoms. The Labute approximate surface area is 224 Å². The molecule has 0 spiro atoms. The van der Waals surface area contributed by atoms with Gasteiger partial charge in [0.15, 0.2) is 0 Å². The van der Waals surface area contributed by atoms with E-state index in [1.807, 2.05) is 6.92 Å². The fourth-order valence-electron chi connectivity index (χ4n) is 12.4. The molecule has 3 N–H and O–H groups in total. The molecule has 6 fully saturated rings. The number of fused-ring (bicyclic) bond motifs is 7. The first-order chi connectivity index (χ1) is 17.1. The highest BCUT2D eigenvalue weighted by Gasteiger charge is 2.73. The zero-order chi connectivity index (χ0) is 26.8. The molecule has 5 saturated carbocycles. The average molecular weight is 517 g/mol. The lowest BCUT2D eigenvalue weighted by atomic mass is 9.32. The molecule has 0 bridgehead atoms. The fourth-order valence-corrected chi connectivity index (χ4v) is 12.4. The summed E-state index contributed by atoms with van der Waals surface area (Å²) >= 11 is 0. The second-order valence-electron chi connectivity index (χ2n) is 16.2. The van der Waals surface area contributed by atoms with Crippen molar-refractivity contribution in [3.8, 4) is 0 Å². The molecule has 0 aromatic rings. The van der Waals surface area contributed by atoms with Crippen LogP contribution in [-0.2, 0) is 9.53 Å². The maximum absolute atomic E-state index is 13.0. The predicted octanol–water partition coefficient (Wildman–Crippen LogP) is 6.05. The standard InChI is InChI=1S/C32H52O5/c1-27(2)22-10-13-30(5)23(28(22,3)12-11-24(27)33)8-7-20-25-21(31(6,36)17-19-18-37-19)9-14-32(25,26(34)35)16-15-29(20,30)4/h19-25,33,36H,7-18H2,1-6H3,(H,34,35)/t19?,20?,21-,22?,23?,24-,25?,28+,29-,30-,31?,32+/m1/s1. The first-order valence-corrected chi connectivity index (χ1v) is 15.4. The van der Waals surface area contributed by atoms with Crippen molar-refractivity contribution in [3.63, 3.8) is 0 Å². The lowest BCUT2D eigenvalue weighted by molar-refractivity contribution is -0.252. The highest BCUT2D eigenvalue weighted by Crippen LogP contribution is 2.77. The molecule has 210 valence electrons. The van der Waals surface area contributed by atoms with Gasteiger partial charge in [-0.05, 0) is 122 Å². The monoisotopic (exact) mass is 516 g/mol. The number of hydrogen-bond donors (Lipinski definition) is 3. The summed E-state index contributed by atoms with van der Waals surface area (Å²) in [6.07, 6.45) is 10.4. The SMILES string of the molecule is CC(O)(CC1CO1)[C@@H]1CC[C@]2(C(=O)O)CC[C@]3(C)C(CCC4[C@@]5(C)CC[C@@H](O)C(C)(C)C5CC[C@]43C)C12. The van der Waals surface area contributed by atoms with Crippen LogP contribution in [0, 0.1) is 56.7 Å². The Balaban J connectivity index is 1.39. The molecule has 6 rings (SSSR count). The van der Waals surface area contributed by atoms with E-state index >= 15 is 0 Å². The summed E-state index contributed by atoms with van der Waals surface area (Å²) in [5.74, 6) is 0.900. The summed E-state index contributed by atoms with van der Waals surface area (Å²) in [5.41, 5.74) is -1.19. The molecule has 1 aliphatic heterocycles. The van der Waals surface area contributed by atoms with Gasteiger partial charge in [-0.1, -0.05) is 34.6 Å². The molecule has 0 aromatic carbocycles. The number of aliphatic carboxylic acids is 1. The number of rotatable bonds is 4. The highest BCUT2D eigenvalue weighted by atomic mass is 16.6. The van der Waals surface area contributed by atoms with Crippen molar-refractivity contribution in [2.75, 3.05) is 6.61 Å². The first-order valence-electron chi connectivity index (χ1n) is 15.4. The molecular formula is C32H52O5. The van der Waals surface area contributed by atoms with Crippen molar-refractivity contribution in [3.05, 3.63) is 0 Å². The van der Waals surface area contributed by atoms with Gasteiger partial charge in [-0.25, -0.2) is 0 Å². The number of carboxylic acid groups (broad SMARTS) is 1. The number of hydrogen-bond acceptors (Lipinski definition) is 4. The molecule has 5 nitrogen and oxygen atoms in total. The van der Waals surface area contributed by atoms with Crippen LogP contribution in [0.3, 0.4) is 0 Å². The molecule has 6 unspecified atom stereocenters. The Kier molecular flexibility index (Phi) is 5.72. The van der Waals surface area contributed by atoms with Crippen molar-refractivity contribution in [2.45, 2.75) is 130 Å². The maximum atomic E-state index is 13.0. The third-order valence-electron chi connectivity index (χ3n) is 14.7. The number of epoxide rings is 1. The Morgan fingerprint density at radius 3 is 2.24 bits per heavy atom. The largest absolute Gasteiger partial charge is 0.481 e. The Morgan fingerprint density at radius 1 is 0.892 bits per heavy atom. The van der Waals surface area contributed by atoms with Crippen LogP contribution >= 0.6 is 0 Å². The number of aliphatic hydroxyl groups is 2. The van der Waals surface area contributed by atoms with E-state index in [0.717, 1.165) is 58.0 Å². The lowest BCUT2D eigenvalue weighted by Gasteiger charge is -2.72. The fraction of sp³-hybridized carbons (Fsp3) is 0.969. The summed E-state index contributed by atoms with van der Waals surface area (Å²) in [4.78, 5) is 13.0. The molecule has 0 amide bonds. The van der Waals surface area contributed by atoms with Gasteiger partial charge in [-0.15, -0.1) is 0 Å². The Bertz CT molecular complexity index is 955. The van der Waals surface area contributed by atoms with Crippen LogP contribution in [0.4, 0.5) is 0 Å². The van der Waals surface area contributed by atoms with Crippen LogP contribution in [0.25, 0.3) is 0 Å². The van der Waals surface area contributed by atoms with Crippen molar-refractivity contribution in [1.82, 2.24) is 0 Å². The summed E-state index contributed by atoms with van der Waals surface area (Å²) in [6.45, 7) is 14.9. The third-order valence-corrected chi connectivity index (χ3v) is 14.7. The van der Waals surface area contributed by atoms with Gasteiger partial charge in [-0.3, -0.25) is 4.79 Å². The van der Waals surface area contributed by atoms with Crippen molar-refractivity contribution >= 4 is 5.97 Å². The van der Waals surface area contributed by atoms with Crippen molar-refractivity contribution in [1.29, 1.82) is 0 Å². The molecule has 37 heavy (non-hydrogen) atoms. The molecule has 6 aliphatic rings. The van der Waals surface area contributed by atoms with Crippen LogP contribution in [0.5, 0.6) is 0 Å². The van der Waals surface area contributed by atoms with Gasteiger partial charge in [0.2, 0.25) is 0 Å². The van der Waals surface area contributed by atoms with Crippen LogP contribution in [-0.4, -0.2) is 45.7 Å². The Morgan fingerprint density at radius 2 is 1.59 bits per heavy atom. The van der Waals surface area contributed by atoms with Gasteiger partial charge in [0, 0.05) is 6.42 Å². The van der Waals surface area contributed by atoms with Gasteiger partial charge in [0.25, 0.3) is 0 Å². The minimum absolute atomic E-state index is 0.0215. The second-order valence-corrected chi connectivity index (χ2v) is 16.2. The normalized spacial score (nSPS) is 55.7. The van der Waals surface area contributed by atoms with Crippen LogP contribution < -0.4 is 0 Å². The topological polar surface area (TPSA) is 90.3 Å². The third kappa shape index (κ3) is 3.35. The quantitative estimate of drug-likeness (QED) is 0.396. The minimum atomic E-state index is -0.883. The van der Waals surface area contributed by atoms with E-state index in [9.17, 15) is 20.1 Å². The van der Waals surface area contributed by atoms with E-state index in [1.54, 1.807) is 0 Å². The van der Waals surface area contributed by atoms with E-state index in [-0.39, 0.29) is 45.7 Å². The second kappa shape index (κ2) is 7.97. The van der Waals surface area contributed by atoms with Crippen LogP contribution in [0.1, 0.15) is 112 Å². The van der Waals surface area contributed by atoms with E-state index in [1.165, 1.54) is 6.42 Å². The number of carboxylic acids is 1. The predicted molar refractivity (Wildman–Crippen MR) is 143 cm³/mol. The summed E-state index contributed by atoms with van der Waals surface area (Å²) in [6, 6.07) is 0. The van der Waals surface area contributed by atoms with Gasteiger partial charge in [-0.2, -0.15) is 0 Å².